The van der Waals surface area contributed by atoms with Crippen molar-refractivity contribution in [1.82, 2.24) is 5.06 Å². The summed E-state index contributed by atoms with van der Waals surface area (Å²) in [4.78, 5) is 41.5. The van der Waals surface area contributed by atoms with Gasteiger partial charge in [0.15, 0.2) is 0 Å². The van der Waals surface area contributed by atoms with Crippen LogP contribution in [0.1, 0.15) is 57.0 Å². The molecule has 126 valence electrons. The molecule has 0 bridgehead atoms. The third-order valence-corrected chi connectivity index (χ3v) is 4.85. The van der Waals surface area contributed by atoms with Crippen LogP contribution in [-0.4, -0.2) is 22.8 Å². The maximum absolute atomic E-state index is 12.2. The lowest BCUT2D eigenvalue weighted by Gasteiger charge is -2.25. The largest absolute Gasteiger partial charge is 0.337 e. The predicted octanol–water partition coefficient (Wildman–Crippen LogP) is 3.25. The molecule has 0 radical (unpaired) electrons. The van der Waals surface area contributed by atoms with E-state index in [4.69, 9.17) is 4.84 Å². The molecule has 0 atom stereocenters. The van der Waals surface area contributed by atoms with Crippen molar-refractivity contribution < 1.29 is 19.2 Å². The first kappa shape index (κ1) is 15.6. The Morgan fingerprint density at radius 1 is 0.960 bits per heavy atom. The van der Waals surface area contributed by atoms with Crippen LogP contribution in [0.2, 0.25) is 0 Å². The first-order chi connectivity index (χ1) is 12.1. The number of imide groups is 1. The number of amides is 2. The molecule has 5 nitrogen and oxygen atoms in total. The van der Waals surface area contributed by atoms with Gasteiger partial charge in [-0.05, 0) is 42.0 Å². The zero-order valence-corrected chi connectivity index (χ0v) is 13.6. The van der Waals surface area contributed by atoms with E-state index in [1.54, 1.807) is 24.3 Å². The van der Waals surface area contributed by atoms with Crippen molar-refractivity contribution in [1.29, 1.82) is 0 Å². The Balaban J connectivity index is 1.41. The Labute approximate surface area is 145 Å². The summed E-state index contributed by atoms with van der Waals surface area (Å²) in [6.45, 7) is 0. The second-order valence-electron chi connectivity index (χ2n) is 6.46. The van der Waals surface area contributed by atoms with Gasteiger partial charge in [0.1, 0.15) is 0 Å². The smallest absolute Gasteiger partial charge is 0.329 e. The van der Waals surface area contributed by atoms with E-state index in [1.807, 2.05) is 24.3 Å². The minimum atomic E-state index is -0.633. The molecule has 1 saturated carbocycles. The summed E-state index contributed by atoms with van der Waals surface area (Å²) in [6.07, 6.45) is 3.74. The Morgan fingerprint density at radius 2 is 1.56 bits per heavy atom. The molecule has 0 aromatic heterocycles. The van der Waals surface area contributed by atoms with Gasteiger partial charge in [-0.25, -0.2) is 4.79 Å². The molecule has 1 heterocycles. The maximum Gasteiger partial charge on any atom is 0.337 e. The summed E-state index contributed by atoms with van der Waals surface area (Å²) < 4.78 is 0. The van der Waals surface area contributed by atoms with E-state index in [-0.39, 0.29) is 17.5 Å². The van der Waals surface area contributed by atoms with Crippen molar-refractivity contribution >= 4 is 17.8 Å². The van der Waals surface area contributed by atoms with Crippen LogP contribution in [0.25, 0.3) is 0 Å². The minimum absolute atomic E-state index is 0.0123. The van der Waals surface area contributed by atoms with Crippen molar-refractivity contribution in [3.63, 3.8) is 0 Å². The standard InChI is InChI=1S/C20H17NO4/c22-18(12-13-8-10-15(11-9-13)14-4-3-5-14)25-21-19(23)16-6-1-2-7-17(16)20(21)24/h1-2,6-11,14H,3-5,12H2. The second kappa shape index (κ2) is 6.16. The fourth-order valence-electron chi connectivity index (χ4n) is 3.20. The number of carbonyl (C=O) groups excluding carboxylic acids is 3. The second-order valence-corrected chi connectivity index (χ2v) is 6.46. The van der Waals surface area contributed by atoms with Gasteiger partial charge < -0.3 is 4.84 Å². The number of nitrogens with zero attached hydrogens (tertiary/aromatic N) is 1. The van der Waals surface area contributed by atoms with E-state index in [1.165, 1.54) is 24.8 Å². The first-order valence-corrected chi connectivity index (χ1v) is 8.41. The van der Waals surface area contributed by atoms with Crippen LogP contribution in [0, 0.1) is 0 Å². The summed E-state index contributed by atoms with van der Waals surface area (Å²) in [5, 5.41) is 0.551. The van der Waals surface area contributed by atoms with Gasteiger partial charge in [-0.2, -0.15) is 0 Å². The van der Waals surface area contributed by atoms with Crippen LogP contribution in [0.3, 0.4) is 0 Å². The lowest BCUT2D eigenvalue weighted by atomic mass is 9.80. The topological polar surface area (TPSA) is 63.7 Å². The van der Waals surface area contributed by atoms with Crippen LogP contribution in [0.4, 0.5) is 0 Å². The van der Waals surface area contributed by atoms with Crippen LogP contribution in [0.5, 0.6) is 0 Å². The molecule has 0 saturated heterocycles. The van der Waals surface area contributed by atoms with Crippen molar-refractivity contribution in [2.75, 3.05) is 0 Å². The van der Waals surface area contributed by atoms with E-state index < -0.39 is 17.8 Å². The van der Waals surface area contributed by atoms with E-state index >= 15 is 0 Å². The normalized spacial score (nSPS) is 16.6. The highest BCUT2D eigenvalue weighted by Gasteiger charge is 2.38. The van der Waals surface area contributed by atoms with Crippen molar-refractivity contribution in [3.8, 4) is 0 Å². The Morgan fingerprint density at radius 3 is 2.08 bits per heavy atom. The molecule has 1 fully saturated rings. The Hall–Kier alpha value is -2.95. The fraction of sp³-hybridized carbons (Fsp3) is 0.250. The average Bonchev–Trinajstić information content (AvgIpc) is 2.81. The average molecular weight is 335 g/mol. The summed E-state index contributed by atoms with van der Waals surface area (Å²) in [5.41, 5.74) is 2.60. The molecule has 0 N–H and O–H groups in total. The monoisotopic (exact) mass is 335 g/mol. The molecule has 2 aromatic carbocycles. The van der Waals surface area contributed by atoms with Crippen LogP contribution in [0.15, 0.2) is 48.5 Å². The molecule has 2 amide bonds. The zero-order valence-electron chi connectivity index (χ0n) is 13.6. The van der Waals surface area contributed by atoms with Crippen LogP contribution >= 0.6 is 0 Å². The van der Waals surface area contributed by atoms with Gasteiger partial charge in [-0.1, -0.05) is 47.9 Å². The van der Waals surface area contributed by atoms with Crippen LogP contribution < -0.4 is 0 Å². The third kappa shape index (κ3) is 2.82. The molecular formula is C20H17NO4. The SMILES string of the molecule is O=C(Cc1ccc(C2CCC2)cc1)ON1C(=O)c2ccccc2C1=O. The van der Waals surface area contributed by atoms with Gasteiger partial charge in [0, 0.05) is 0 Å². The first-order valence-electron chi connectivity index (χ1n) is 8.41. The van der Waals surface area contributed by atoms with Gasteiger partial charge in [0.05, 0.1) is 17.5 Å². The highest BCUT2D eigenvalue weighted by molar-refractivity contribution is 6.20. The molecular weight excluding hydrogens is 318 g/mol. The number of fused-ring (bicyclic) bond motifs is 1. The third-order valence-electron chi connectivity index (χ3n) is 4.85. The lowest BCUT2D eigenvalue weighted by molar-refractivity contribution is -0.167. The van der Waals surface area contributed by atoms with E-state index in [9.17, 15) is 14.4 Å². The Kier molecular flexibility index (Phi) is 3.84. The fourth-order valence-corrected chi connectivity index (χ4v) is 3.20. The Bertz CT molecular complexity index is 817. The molecule has 0 unspecified atom stereocenters. The summed E-state index contributed by atoms with van der Waals surface area (Å²) >= 11 is 0. The predicted molar refractivity (Wildman–Crippen MR) is 89.8 cm³/mol. The van der Waals surface area contributed by atoms with E-state index in [2.05, 4.69) is 0 Å². The van der Waals surface area contributed by atoms with Gasteiger partial charge >= 0.3 is 5.97 Å². The highest BCUT2D eigenvalue weighted by Crippen LogP contribution is 2.36. The minimum Gasteiger partial charge on any atom is -0.329 e. The maximum atomic E-state index is 12.2. The highest BCUT2D eigenvalue weighted by atomic mass is 16.7. The van der Waals surface area contributed by atoms with E-state index in [0.29, 0.717) is 11.0 Å². The van der Waals surface area contributed by atoms with Crippen molar-refractivity contribution in [3.05, 3.63) is 70.8 Å². The van der Waals surface area contributed by atoms with Gasteiger partial charge in [0.25, 0.3) is 11.8 Å². The quantitative estimate of drug-likeness (QED) is 0.805. The number of hydrogen-bond acceptors (Lipinski definition) is 4. The van der Waals surface area contributed by atoms with Gasteiger partial charge in [-0.3, -0.25) is 9.59 Å². The van der Waals surface area contributed by atoms with Gasteiger partial charge in [0.2, 0.25) is 0 Å². The summed E-state index contributed by atoms with van der Waals surface area (Å²) in [6, 6.07) is 14.3. The zero-order chi connectivity index (χ0) is 17.4. The number of hydrogen-bond donors (Lipinski definition) is 0. The lowest BCUT2D eigenvalue weighted by Crippen LogP contribution is -2.33. The van der Waals surface area contributed by atoms with Gasteiger partial charge in [-0.15, -0.1) is 0 Å². The van der Waals surface area contributed by atoms with Crippen molar-refractivity contribution in [2.24, 2.45) is 0 Å². The molecule has 1 aliphatic heterocycles. The molecule has 1 aliphatic carbocycles. The van der Waals surface area contributed by atoms with Crippen molar-refractivity contribution in [2.45, 2.75) is 31.6 Å². The number of hydroxylamine groups is 2. The molecule has 0 spiro atoms. The van der Waals surface area contributed by atoms with Crippen LogP contribution in [-0.2, 0) is 16.1 Å². The molecule has 2 aromatic rings. The number of benzene rings is 2. The number of carbonyl (C=O) groups is 3. The molecule has 5 heteroatoms. The molecule has 4 rings (SSSR count). The molecule has 25 heavy (non-hydrogen) atoms. The summed E-state index contributed by atoms with van der Waals surface area (Å²) in [7, 11) is 0. The van der Waals surface area contributed by atoms with E-state index in [0.717, 1.165) is 5.56 Å². The summed E-state index contributed by atoms with van der Waals surface area (Å²) in [5.74, 6) is -1.20. The number of rotatable bonds is 4. The molecule has 2 aliphatic rings.